The van der Waals surface area contributed by atoms with Crippen LogP contribution in [0.15, 0.2) is 0 Å². The van der Waals surface area contributed by atoms with Gasteiger partial charge in [-0.05, 0) is 25.2 Å². The molecule has 2 saturated heterocycles. The number of nitrogens with one attached hydrogen (secondary N) is 1. The van der Waals surface area contributed by atoms with Crippen LogP contribution in [0.3, 0.4) is 0 Å². The molecule has 3 aliphatic rings. The second-order valence-corrected chi connectivity index (χ2v) is 3.55. The van der Waals surface area contributed by atoms with E-state index in [0.29, 0.717) is 5.66 Å². The quantitative estimate of drug-likeness (QED) is 0.501. The van der Waals surface area contributed by atoms with Gasteiger partial charge < -0.3 is 0 Å². The third kappa shape index (κ3) is 0.332. The summed E-state index contributed by atoms with van der Waals surface area (Å²) in [5.74, 6) is 1.02. The average molecular weight is 124 g/mol. The van der Waals surface area contributed by atoms with Gasteiger partial charge in [0.15, 0.2) is 0 Å². The van der Waals surface area contributed by atoms with Crippen molar-refractivity contribution in [3.8, 4) is 0 Å². The Kier molecular flexibility index (Phi) is 0.616. The zero-order valence-electron chi connectivity index (χ0n) is 5.56. The summed E-state index contributed by atoms with van der Waals surface area (Å²) in [6.07, 6.45) is 4.34. The molecule has 0 amide bonds. The van der Waals surface area contributed by atoms with Gasteiger partial charge in [0.1, 0.15) is 0 Å². The van der Waals surface area contributed by atoms with Crippen LogP contribution in [0.25, 0.3) is 0 Å². The van der Waals surface area contributed by atoms with E-state index >= 15 is 0 Å². The fourth-order valence-corrected chi connectivity index (χ4v) is 2.64. The Balaban J connectivity index is 1.97. The van der Waals surface area contributed by atoms with E-state index in [1.54, 1.807) is 0 Å². The van der Waals surface area contributed by atoms with Crippen molar-refractivity contribution in [2.45, 2.75) is 24.9 Å². The Labute approximate surface area is 55.2 Å². The van der Waals surface area contributed by atoms with Crippen molar-refractivity contribution >= 4 is 0 Å². The highest BCUT2D eigenvalue weighted by atomic mass is 15.5. The molecule has 1 spiro atoms. The molecular weight excluding hydrogens is 112 g/mol. The topological polar surface area (TPSA) is 15.3 Å². The lowest BCUT2D eigenvalue weighted by molar-refractivity contribution is -0.103. The van der Waals surface area contributed by atoms with Gasteiger partial charge in [-0.15, -0.1) is 0 Å². The Morgan fingerprint density at radius 1 is 1.44 bits per heavy atom. The monoisotopic (exact) mass is 124 g/mol. The van der Waals surface area contributed by atoms with Crippen LogP contribution < -0.4 is 5.32 Å². The summed E-state index contributed by atoms with van der Waals surface area (Å²) in [6, 6.07) is 0. The Morgan fingerprint density at radius 2 is 2.44 bits per heavy atom. The summed E-state index contributed by atoms with van der Waals surface area (Å²) in [4.78, 5) is 2.60. The molecule has 3 rings (SSSR count). The van der Waals surface area contributed by atoms with Gasteiger partial charge in [-0.2, -0.15) is 0 Å². The number of nitrogens with zero attached hydrogens (tertiary/aromatic N) is 1. The Morgan fingerprint density at radius 3 is 2.78 bits per heavy atom. The first-order valence-electron chi connectivity index (χ1n) is 3.92. The lowest BCUT2D eigenvalue weighted by atomic mass is 9.72. The highest BCUT2D eigenvalue weighted by Crippen LogP contribution is 2.51. The molecule has 0 radical (unpaired) electrons. The molecule has 1 saturated carbocycles. The van der Waals surface area contributed by atoms with Crippen LogP contribution in [0.4, 0.5) is 0 Å². The largest absolute Gasteiger partial charge is 0.286 e. The SMILES string of the molecule is C1CN2CNC23CCC13. The first-order chi connectivity index (χ1) is 4.42. The number of hydrogen-bond acceptors (Lipinski definition) is 2. The van der Waals surface area contributed by atoms with Crippen molar-refractivity contribution in [1.29, 1.82) is 0 Å². The van der Waals surface area contributed by atoms with E-state index < -0.39 is 0 Å². The predicted molar refractivity (Wildman–Crippen MR) is 34.8 cm³/mol. The summed E-state index contributed by atoms with van der Waals surface area (Å²) in [6.45, 7) is 2.52. The van der Waals surface area contributed by atoms with Crippen LogP contribution in [-0.2, 0) is 0 Å². The molecule has 2 aliphatic heterocycles. The summed E-state index contributed by atoms with van der Waals surface area (Å²) in [5.41, 5.74) is 0.556. The van der Waals surface area contributed by atoms with Crippen LogP contribution in [0.5, 0.6) is 0 Å². The van der Waals surface area contributed by atoms with Gasteiger partial charge in [-0.3, -0.25) is 10.2 Å². The molecule has 50 valence electrons. The van der Waals surface area contributed by atoms with Crippen molar-refractivity contribution in [2.24, 2.45) is 5.92 Å². The standard InChI is InChI=1S/C7H12N2/c1-3-7-6(1)2-4-9(7)5-8-7/h6,8H,1-5H2. The summed E-state index contributed by atoms with van der Waals surface area (Å²) >= 11 is 0. The first kappa shape index (κ1) is 4.69. The smallest absolute Gasteiger partial charge is 0.0762 e. The highest BCUT2D eigenvalue weighted by molar-refractivity contribution is 5.11. The van der Waals surface area contributed by atoms with Crippen molar-refractivity contribution in [3.05, 3.63) is 0 Å². The molecule has 2 unspecified atom stereocenters. The van der Waals surface area contributed by atoms with Crippen LogP contribution in [0.1, 0.15) is 19.3 Å². The maximum Gasteiger partial charge on any atom is 0.0762 e. The van der Waals surface area contributed by atoms with Gasteiger partial charge in [0.2, 0.25) is 0 Å². The molecule has 2 heterocycles. The second-order valence-electron chi connectivity index (χ2n) is 3.55. The van der Waals surface area contributed by atoms with Crippen molar-refractivity contribution in [3.63, 3.8) is 0 Å². The van der Waals surface area contributed by atoms with Crippen LogP contribution >= 0.6 is 0 Å². The Bertz CT molecular complexity index is 137. The maximum atomic E-state index is 3.55. The molecule has 3 fully saturated rings. The van der Waals surface area contributed by atoms with Gasteiger partial charge >= 0.3 is 0 Å². The van der Waals surface area contributed by atoms with Crippen LogP contribution in [0, 0.1) is 5.92 Å². The molecule has 1 aliphatic carbocycles. The van der Waals surface area contributed by atoms with Gasteiger partial charge in [0.05, 0.1) is 12.3 Å². The minimum Gasteiger partial charge on any atom is -0.286 e. The van der Waals surface area contributed by atoms with Gasteiger partial charge in [-0.1, -0.05) is 0 Å². The molecule has 0 aromatic rings. The summed E-state index contributed by atoms with van der Waals surface area (Å²) in [5, 5.41) is 3.55. The molecule has 9 heavy (non-hydrogen) atoms. The average Bonchev–Trinajstić information content (AvgIpc) is 1.85. The van der Waals surface area contributed by atoms with E-state index in [2.05, 4.69) is 10.2 Å². The third-order valence-electron chi connectivity index (χ3n) is 3.44. The van der Waals surface area contributed by atoms with E-state index in [1.807, 2.05) is 0 Å². The summed E-state index contributed by atoms with van der Waals surface area (Å²) < 4.78 is 0. The van der Waals surface area contributed by atoms with E-state index in [9.17, 15) is 0 Å². The second kappa shape index (κ2) is 1.18. The molecule has 0 aromatic carbocycles. The summed E-state index contributed by atoms with van der Waals surface area (Å²) in [7, 11) is 0. The minimum absolute atomic E-state index is 0.556. The minimum atomic E-state index is 0.556. The third-order valence-corrected chi connectivity index (χ3v) is 3.44. The predicted octanol–water partition coefficient (Wildman–Crippen LogP) is 0.359. The van der Waals surface area contributed by atoms with E-state index in [4.69, 9.17) is 0 Å². The van der Waals surface area contributed by atoms with Gasteiger partial charge in [-0.25, -0.2) is 0 Å². The van der Waals surface area contributed by atoms with Gasteiger partial charge in [0, 0.05) is 6.54 Å². The highest BCUT2D eigenvalue weighted by Gasteiger charge is 2.59. The van der Waals surface area contributed by atoms with E-state index in [-0.39, 0.29) is 0 Å². The first-order valence-corrected chi connectivity index (χ1v) is 3.92. The normalized spacial score (nSPS) is 55.3. The molecule has 2 nitrogen and oxygen atoms in total. The van der Waals surface area contributed by atoms with Crippen molar-refractivity contribution < 1.29 is 0 Å². The van der Waals surface area contributed by atoms with Gasteiger partial charge in [0.25, 0.3) is 0 Å². The maximum absolute atomic E-state index is 3.55. The molecule has 0 bridgehead atoms. The molecule has 1 N–H and O–H groups in total. The van der Waals surface area contributed by atoms with Crippen LogP contribution in [-0.4, -0.2) is 23.8 Å². The molecule has 0 aromatic heterocycles. The van der Waals surface area contributed by atoms with Crippen molar-refractivity contribution in [1.82, 2.24) is 10.2 Å². The number of rotatable bonds is 0. The van der Waals surface area contributed by atoms with Crippen LogP contribution in [0.2, 0.25) is 0 Å². The van der Waals surface area contributed by atoms with E-state index in [0.717, 1.165) is 12.6 Å². The van der Waals surface area contributed by atoms with Crippen molar-refractivity contribution in [2.75, 3.05) is 13.2 Å². The fraction of sp³-hybridized carbons (Fsp3) is 1.00. The van der Waals surface area contributed by atoms with E-state index in [1.165, 1.54) is 25.8 Å². The molecule has 2 heteroatoms. The lowest BCUT2D eigenvalue weighted by Crippen LogP contribution is -2.75. The fourth-order valence-electron chi connectivity index (χ4n) is 2.64. The lowest BCUT2D eigenvalue weighted by Gasteiger charge is -2.58. The zero-order chi connectivity index (χ0) is 5.90. The molecular formula is C7H12N2. The number of hydrogen-bond donors (Lipinski definition) is 1. The molecule has 2 atom stereocenters. The Hall–Kier alpha value is -0.0800. The zero-order valence-corrected chi connectivity index (χ0v) is 5.56.